The van der Waals surface area contributed by atoms with Gasteiger partial charge in [-0.3, -0.25) is 0 Å². The van der Waals surface area contributed by atoms with Gasteiger partial charge in [-0.05, 0) is 40.8 Å². The van der Waals surface area contributed by atoms with Gasteiger partial charge in [0.15, 0.2) is 0 Å². The first-order valence-corrected chi connectivity index (χ1v) is 5.60. The molecular formula is C10H8IN3O2. The van der Waals surface area contributed by atoms with Crippen molar-refractivity contribution in [3.05, 3.63) is 45.6 Å². The smallest absolute Gasteiger partial charge is 0.352 e. The molecule has 0 bridgehead atoms. The molecule has 0 amide bonds. The van der Waals surface area contributed by atoms with Crippen molar-refractivity contribution in [1.29, 1.82) is 0 Å². The molecule has 0 aliphatic carbocycles. The SMILES string of the molecule is O=C(O)c1cc(I)cn1Cc1cccnn1. The van der Waals surface area contributed by atoms with Gasteiger partial charge in [0, 0.05) is 16.0 Å². The maximum atomic E-state index is 11.0. The van der Waals surface area contributed by atoms with Gasteiger partial charge in [0.1, 0.15) is 5.69 Å². The Labute approximate surface area is 105 Å². The number of halogens is 1. The Morgan fingerprint density at radius 2 is 2.38 bits per heavy atom. The van der Waals surface area contributed by atoms with Gasteiger partial charge in [0.25, 0.3) is 0 Å². The molecule has 0 spiro atoms. The van der Waals surface area contributed by atoms with Gasteiger partial charge in [-0.1, -0.05) is 0 Å². The minimum atomic E-state index is -0.938. The molecule has 0 aliphatic rings. The van der Waals surface area contributed by atoms with E-state index in [1.807, 2.05) is 6.07 Å². The van der Waals surface area contributed by atoms with E-state index in [2.05, 4.69) is 32.8 Å². The molecule has 0 aliphatic heterocycles. The van der Waals surface area contributed by atoms with Gasteiger partial charge in [-0.15, -0.1) is 0 Å². The summed E-state index contributed by atoms with van der Waals surface area (Å²) in [4.78, 5) is 11.0. The van der Waals surface area contributed by atoms with Gasteiger partial charge < -0.3 is 9.67 Å². The second-order valence-corrected chi connectivity index (χ2v) is 4.44. The van der Waals surface area contributed by atoms with Crippen LogP contribution in [0.15, 0.2) is 30.6 Å². The Hall–Kier alpha value is -1.44. The van der Waals surface area contributed by atoms with Crippen LogP contribution in [0.3, 0.4) is 0 Å². The summed E-state index contributed by atoms with van der Waals surface area (Å²) in [6, 6.07) is 5.21. The van der Waals surface area contributed by atoms with Crippen molar-refractivity contribution in [2.24, 2.45) is 0 Å². The Morgan fingerprint density at radius 1 is 1.56 bits per heavy atom. The lowest BCUT2D eigenvalue weighted by Crippen LogP contribution is -2.09. The first kappa shape index (κ1) is 11.1. The molecule has 2 aromatic heterocycles. The Kier molecular flexibility index (Phi) is 3.18. The topological polar surface area (TPSA) is 68.0 Å². The molecule has 0 fully saturated rings. The minimum Gasteiger partial charge on any atom is -0.477 e. The lowest BCUT2D eigenvalue weighted by Gasteiger charge is -2.04. The van der Waals surface area contributed by atoms with Crippen LogP contribution in [-0.2, 0) is 6.54 Å². The number of aromatic nitrogens is 3. The van der Waals surface area contributed by atoms with E-state index in [0.29, 0.717) is 6.54 Å². The highest BCUT2D eigenvalue weighted by Gasteiger charge is 2.11. The van der Waals surface area contributed by atoms with Crippen LogP contribution >= 0.6 is 22.6 Å². The first-order valence-electron chi connectivity index (χ1n) is 4.52. The third-order valence-corrected chi connectivity index (χ3v) is 2.63. The summed E-state index contributed by atoms with van der Waals surface area (Å²) in [7, 11) is 0. The van der Waals surface area contributed by atoms with E-state index in [-0.39, 0.29) is 5.69 Å². The lowest BCUT2D eigenvalue weighted by molar-refractivity contribution is 0.0685. The van der Waals surface area contributed by atoms with E-state index >= 15 is 0 Å². The molecule has 0 radical (unpaired) electrons. The van der Waals surface area contributed by atoms with Crippen LogP contribution in [0.4, 0.5) is 0 Å². The monoisotopic (exact) mass is 329 g/mol. The van der Waals surface area contributed by atoms with Crippen LogP contribution in [0.5, 0.6) is 0 Å². The quantitative estimate of drug-likeness (QED) is 0.869. The molecule has 2 rings (SSSR count). The van der Waals surface area contributed by atoms with Crippen LogP contribution in [0, 0.1) is 3.57 Å². The van der Waals surface area contributed by atoms with Crippen LogP contribution < -0.4 is 0 Å². The average molecular weight is 329 g/mol. The number of hydrogen-bond donors (Lipinski definition) is 1. The van der Waals surface area contributed by atoms with E-state index in [1.54, 1.807) is 29.1 Å². The number of carbonyl (C=O) groups is 1. The number of aromatic carboxylic acids is 1. The van der Waals surface area contributed by atoms with Crippen molar-refractivity contribution < 1.29 is 9.90 Å². The zero-order valence-electron chi connectivity index (χ0n) is 8.17. The van der Waals surface area contributed by atoms with Crippen molar-refractivity contribution in [3.63, 3.8) is 0 Å². The van der Waals surface area contributed by atoms with Gasteiger partial charge >= 0.3 is 5.97 Å². The average Bonchev–Trinajstić information content (AvgIpc) is 2.61. The molecule has 82 valence electrons. The van der Waals surface area contributed by atoms with E-state index in [1.165, 1.54) is 0 Å². The fourth-order valence-corrected chi connectivity index (χ4v) is 2.01. The Balaban J connectivity index is 2.31. The standard InChI is InChI=1S/C10H8IN3O2/c11-7-4-9(10(15)16)14(5-7)6-8-2-1-3-12-13-8/h1-5H,6H2,(H,15,16). The van der Waals surface area contributed by atoms with Crippen LogP contribution in [0.1, 0.15) is 16.2 Å². The first-order chi connectivity index (χ1) is 7.66. The van der Waals surface area contributed by atoms with Gasteiger partial charge in [0.05, 0.1) is 12.2 Å². The molecule has 0 saturated carbocycles. The fraction of sp³-hybridized carbons (Fsp3) is 0.100. The van der Waals surface area contributed by atoms with E-state index in [9.17, 15) is 4.79 Å². The molecule has 2 heterocycles. The van der Waals surface area contributed by atoms with Gasteiger partial charge in [0.2, 0.25) is 0 Å². The highest BCUT2D eigenvalue weighted by atomic mass is 127. The Bertz CT molecular complexity index is 510. The summed E-state index contributed by atoms with van der Waals surface area (Å²) < 4.78 is 2.53. The molecule has 0 aromatic carbocycles. The normalized spacial score (nSPS) is 10.3. The number of carboxylic acid groups (broad SMARTS) is 1. The zero-order valence-corrected chi connectivity index (χ0v) is 10.3. The number of nitrogens with zero attached hydrogens (tertiary/aromatic N) is 3. The maximum Gasteiger partial charge on any atom is 0.352 e. The van der Waals surface area contributed by atoms with E-state index in [0.717, 1.165) is 9.26 Å². The van der Waals surface area contributed by atoms with Crippen LogP contribution in [-0.4, -0.2) is 25.8 Å². The van der Waals surface area contributed by atoms with Crippen molar-refractivity contribution in [2.45, 2.75) is 6.54 Å². The minimum absolute atomic E-state index is 0.259. The third-order valence-electron chi connectivity index (χ3n) is 2.04. The number of carboxylic acids is 1. The molecule has 6 heteroatoms. The highest BCUT2D eigenvalue weighted by Crippen LogP contribution is 2.12. The molecule has 0 saturated heterocycles. The molecule has 16 heavy (non-hydrogen) atoms. The second kappa shape index (κ2) is 4.60. The van der Waals surface area contributed by atoms with Gasteiger partial charge in [-0.25, -0.2) is 4.79 Å². The van der Waals surface area contributed by atoms with Crippen LogP contribution in [0.25, 0.3) is 0 Å². The number of rotatable bonds is 3. The van der Waals surface area contributed by atoms with Gasteiger partial charge in [-0.2, -0.15) is 10.2 Å². The largest absolute Gasteiger partial charge is 0.477 e. The molecule has 0 atom stereocenters. The summed E-state index contributed by atoms with van der Waals surface area (Å²) in [6.45, 7) is 0.415. The Morgan fingerprint density at radius 3 is 3.00 bits per heavy atom. The van der Waals surface area contributed by atoms with Crippen molar-refractivity contribution >= 4 is 28.6 Å². The third kappa shape index (κ3) is 2.38. The molecule has 0 unspecified atom stereocenters. The summed E-state index contributed by atoms with van der Waals surface area (Å²) >= 11 is 2.08. The fourth-order valence-electron chi connectivity index (χ4n) is 1.38. The predicted octanol–water partition coefficient (Wildman–Crippen LogP) is 1.63. The number of hydrogen-bond acceptors (Lipinski definition) is 3. The summed E-state index contributed by atoms with van der Waals surface area (Å²) in [6.07, 6.45) is 3.36. The van der Waals surface area contributed by atoms with Crippen molar-refractivity contribution in [1.82, 2.24) is 14.8 Å². The lowest BCUT2D eigenvalue weighted by atomic mass is 10.3. The second-order valence-electron chi connectivity index (χ2n) is 3.19. The molecule has 5 nitrogen and oxygen atoms in total. The van der Waals surface area contributed by atoms with E-state index < -0.39 is 5.97 Å². The molecular weight excluding hydrogens is 321 g/mol. The summed E-state index contributed by atoms with van der Waals surface area (Å²) in [5.41, 5.74) is 0.993. The summed E-state index contributed by atoms with van der Waals surface area (Å²) in [5, 5.41) is 16.7. The van der Waals surface area contributed by atoms with E-state index in [4.69, 9.17) is 5.11 Å². The van der Waals surface area contributed by atoms with Crippen LogP contribution in [0.2, 0.25) is 0 Å². The maximum absolute atomic E-state index is 11.0. The predicted molar refractivity (Wildman–Crippen MR) is 65.2 cm³/mol. The van der Waals surface area contributed by atoms with Crippen molar-refractivity contribution in [3.8, 4) is 0 Å². The molecule has 1 N–H and O–H groups in total. The summed E-state index contributed by atoms with van der Waals surface area (Å²) in [5.74, 6) is -0.938. The highest BCUT2D eigenvalue weighted by molar-refractivity contribution is 14.1. The molecule has 2 aromatic rings. The van der Waals surface area contributed by atoms with Crippen molar-refractivity contribution in [2.75, 3.05) is 0 Å². The zero-order chi connectivity index (χ0) is 11.5.